The van der Waals surface area contributed by atoms with Gasteiger partial charge in [-0.1, -0.05) is 23.2 Å². The van der Waals surface area contributed by atoms with Gasteiger partial charge in [-0.2, -0.15) is 0 Å². The summed E-state index contributed by atoms with van der Waals surface area (Å²) in [5.74, 6) is -0.928. The number of rotatable bonds is 2. The molecule has 70 valence electrons. The lowest BCUT2D eigenvalue weighted by atomic mass is 10.2. The lowest BCUT2D eigenvalue weighted by Crippen LogP contribution is -1.99. The summed E-state index contributed by atoms with van der Waals surface area (Å²) >= 11 is 11.4. The first-order valence-corrected chi connectivity index (χ1v) is 4.08. The summed E-state index contributed by atoms with van der Waals surface area (Å²) in [6.07, 6.45) is 0. The number of methoxy groups -OCH3 is 1. The summed E-state index contributed by atoms with van der Waals surface area (Å²) in [7, 11) is 1.37. The summed E-state index contributed by atoms with van der Waals surface area (Å²) in [5.41, 5.74) is -0.0251. The van der Waals surface area contributed by atoms with Crippen LogP contribution in [0.15, 0.2) is 12.1 Å². The van der Waals surface area contributed by atoms with Gasteiger partial charge in [-0.05, 0) is 12.1 Å². The molecule has 0 fully saturated rings. The van der Waals surface area contributed by atoms with Crippen molar-refractivity contribution in [3.63, 3.8) is 0 Å². The average Bonchev–Trinajstić information content (AvgIpc) is 2.04. The van der Waals surface area contributed by atoms with Gasteiger partial charge in [0.1, 0.15) is 0 Å². The zero-order chi connectivity index (χ0) is 10.0. The van der Waals surface area contributed by atoms with Crippen LogP contribution in [0.1, 0.15) is 10.4 Å². The van der Waals surface area contributed by atoms with Crippen LogP contribution in [0.5, 0.6) is 5.75 Å². The van der Waals surface area contributed by atoms with Crippen molar-refractivity contribution in [1.29, 1.82) is 0 Å². The van der Waals surface area contributed by atoms with Crippen molar-refractivity contribution in [1.82, 2.24) is 0 Å². The van der Waals surface area contributed by atoms with E-state index in [4.69, 9.17) is 33.0 Å². The second-order valence-corrected chi connectivity index (χ2v) is 3.03. The number of ether oxygens (including phenoxy) is 1. The molecule has 0 unspecified atom stereocenters. The van der Waals surface area contributed by atoms with Crippen molar-refractivity contribution >= 4 is 29.2 Å². The van der Waals surface area contributed by atoms with Gasteiger partial charge in [0.25, 0.3) is 0 Å². The van der Waals surface area contributed by atoms with Crippen molar-refractivity contribution in [3.8, 4) is 5.75 Å². The molecular weight excluding hydrogens is 215 g/mol. The van der Waals surface area contributed by atoms with Gasteiger partial charge in [0.05, 0.1) is 22.7 Å². The van der Waals surface area contributed by atoms with E-state index in [9.17, 15) is 4.79 Å². The number of carboxylic acid groups (broad SMARTS) is 1. The molecule has 5 heteroatoms. The first-order chi connectivity index (χ1) is 6.07. The zero-order valence-electron chi connectivity index (χ0n) is 6.67. The molecule has 1 aromatic rings. The van der Waals surface area contributed by atoms with Crippen molar-refractivity contribution in [3.05, 3.63) is 27.7 Å². The molecule has 0 amide bonds. The van der Waals surface area contributed by atoms with Gasteiger partial charge in [0, 0.05) is 0 Å². The maximum absolute atomic E-state index is 10.6. The van der Waals surface area contributed by atoms with E-state index in [-0.39, 0.29) is 21.4 Å². The minimum atomic E-state index is -1.11. The first-order valence-electron chi connectivity index (χ1n) is 3.33. The standard InChI is InChI=1S/C8H6Cl2O3/c1-13-7-5(9)3-2-4(6(7)10)8(11)12/h2-3H,1H3,(H,11,12). The number of halogens is 2. The van der Waals surface area contributed by atoms with Crippen LogP contribution in [0.25, 0.3) is 0 Å². The molecule has 0 spiro atoms. The number of hydrogen-bond donors (Lipinski definition) is 1. The number of carbonyl (C=O) groups is 1. The van der Waals surface area contributed by atoms with Crippen molar-refractivity contribution in [2.75, 3.05) is 7.11 Å². The van der Waals surface area contributed by atoms with Crippen LogP contribution in [0, 0.1) is 0 Å². The van der Waals surface area contributed by atoms with Crippen LogP contribution in [0.3, 0.4) is 0 Å². The monoisotopic (exact) mass is 220 g/mol. The van der Waals surface area contributed by atoms with Gasteiger partial charge in [-0.25, -0.2) is 4.79 Å². The van der Waals surface area contributed by atoms with E-state index >= 15 is 0 Å². The van der Waals surface area contributed by atoms with E-state index in [0.717, 1.165) is 0 Å². The van der Waals surface area contributed by atoms with Crippen LogP contribution < -0.4 is 4.74 Å². The Hall–Kier alpha value is -0.930. The predicted molar refractivity (Wildman–Crippen MR) is 50.0 cm³/mol. The SMILES string of the molecule is COc1c(Cl)ccc(C(=O)O)c1Cl. The molecule has 0 heterocycles. The lowest BCUT2D eigenvalue weighted by molar-refractivity contribution is 0.0696. The third kappa shape index (κ3) is 1.87. The molecule has 1 rings (SSSR count). The third-order valence-electron chi connectivity index (χ3n) is 1.48. The average molecular weight is 221 g/mol. The fraction of sp³-hybridized carbons (Fsp3) is 0.125. The fourth-order valence-electron chi connectivity index (χ4n) is 0.885. The van der Waals surface area contributed by atoms with E-state index in [1.165, 1.54) is 19.2 Å². The Morgan fingerprint density at radius 3 is 2.54 bits per heavy atom. The quantitative estimate of drug-likeness (QED) is 0.834. The Bertz CT molecular complexity index is 349. The Morgan fingerprint density at radius 1 is 1.46 bits per heavy atom. The van der Waals surface area contributed by atoms with Crippen LogP contribution in [0.4, 0.5) is 0 Å². The normalized spacial score (nSPS) is 9.77. The van der Waals surface area contributed by atoms with Crippen LogP contribution in [-0.2, 0) is 0 Å². The van der Waals surface area contributed by atoms with Gasteiger partial charge in [0.15, 0.2) is 5.75 Å². The van der Waals surface area contributed by atoms with Crippen molar-refractivity contribution < 1.29 is 14.6 Å². The Morgan fingerprint density at radius 2 is 2.08 bits per heavy atom. The molecule has 0 aliphatic carbocycles. The maximum atomic E-state index is 10.6. The Labute approximate surface area is 84.8 Å². The minimum Gasteiger partial charge on any atom is -0.494 e. The molecular formula is C8H6Cl2O3. The molecule has 0 atom stereocenters. The Kier molecular flexibility index (Phi) is 3.01. The minimum absolute atomic E-state index is 0.0162. The second kappa shape index (κ2) is 3.85. The highest BCUT2D eigenvalue weighted by Crippen LogP contribution is 2.35. The fourth-order valence-corrected chi connectivity index (χ4v) is 1.49. The topological polar surface area (TPSA) is 46.5 Å². The van der Waals surface area contributed by atoms with E-state index < -0.39 is 5.97 Å². The first kappa shape index (κ1) is 10.2. The van der Waals surface area contributed by atoms with E-state index in [1.54, 1.807) is 0 Å². The third-order valence-corrected chi connectivity index (χ3v) is 2.16. The van der Waals surface area contributed by atoms with Crippen LogP contribution in [-0.4, -0.2) is 18.2 Å². The molecule has 0 radical (unpaired) electrons. The van der Waals surface area contributed by atoms with Crippen LogP contribution >= 0.6 is 23.2 Å². The Balaban J connectivity index is 3.35. The lowest BCUT2D eigenvalue weighted by Gasteiger charge is -2.06. The molecule has 0 bridgehead atoms. The van der Waals surface area contributed by atoms with Crippen molar-refractivity contribution in [2.24, 2.45) is 0 Å². The summed E-state index contributed by atoms with van der Waals surface area (Å²) < 4.78 is 4.84. The molecule has 0 saturated heterocycles. The van der Waals surface area contributed by atoms with Gasteiger partial charge in [-0.15, -0.1) is 0 Å². The highest BCUT2D eigenvalue weighted by atomic mass is 35.5. The largest absolute Gasteiger partial charge is 0.494 e. The zero-order valence-corrected chi connectivity index (χ0v) is 8.19. The summed E-state index contributed by atoms with van der Waals surface area (Å²) in [5, 5.41) is 9.00. The molecule has 13 heavy (non-hydrogen) atoms. The molecule has 1 N–H and O–H groups in total. The number of carboxylic acids is 1. The van der Waals surface area contributed by atoms with Gasteiger partial charge in [0.2, 0.25) is 0 Å². The molecule has 0 saturated carbocycles. The second-order valence-electron chi connectivity index (χ2n) is 2.25. The number of hydrogen-bond acceptors (Lipinski definition) is 2. The predicted octanol–water partition coefficient (Wildman–Crippen LogP) is 2.70. The highest BCUT2D eigenvalue weighted by Gasteiger charge is 2.15. The van der Waals surface area contributed by atoms with E-state index in [2.05, 4.69) is 0 Å². The van der Waals surface area contributed by atoms with Gasteiger partial charge >= 0.3 is 5.97 Å². The molecule has 0 aliphatic rings. The van der Waals surface area contributed by atoms with Gasteiger partial charge < -0.3 is 9.84 Å². The van der Waals surface area contributed by atoms with E-state index in [1.807, 2.05) is 0 Å². The molecule has 1 aromatic carbocycles. The summed E-state index contributed by atoms with van der Waals surface area (Å²) in [4.78, 5) is 10.6. The highest BCUT2D eigenvalue weighted by molar-refractivity contribution is 6.39. The molecule has 0 aliphatic heterocycles. The maximum Gasteiger partial charge on any atom is 0.337 e. The molecule has 0 aromatic heterocycles. The smallest absolute Gasteiger partial charge is 0.337 e. The van der Waals surface area contributed by atoms with Crippen molar-refractivity contribution in [2.45, 2.75) is 0 Å². The number of benzene rings is 1. The van der Waals surface area contributed by atoms with Gasteiger partial charge in [-0.3, -0.25) is 0 Å². The van der Waals surface area contributed by atoms with Crippen LogP contribution in [0.2, 0.25) is 10.0 Å². The molecule has 3 nitrogen and oxygen atoms in total. The summed E-state index contributed by atoms with van der Waals surface area (Å²) in [6.45, 7) is 0. The van der Waals surface area contributed by atoms with E-state index in [0.29, 0.717) is 0 Å². The summed E-state index contributed by atoms with van der Waals surface area (Å²) in [6, 6.07) is 2.76. The number of aromatic carboxylic acids is 1.